The van der Waals surface area contributed by atoms with Crippen molar-refractivity contribution in [2.24, 2.45) is 0 Å². The zero-order valence-corrected chi connectivity index (χ0v) is 32.4. The lowest BCUT2D eigenvalue weighted by Gasteiger charge is -2.35. The van der Waals surface area contributed by atoms with Crippen molar-refractivity contribution in [3.8, 4) is 39.1 Å². The molecule has 0 aromatic heterocycles. The average molecular weight is 677 g/mol. The molecule has 5 aromatic rings. The predicted molar refractivity (Wildman–Crippen MR) is 220 cm³/mol. The van der Waals surface area contributed by atoms with Crippen LogP contribution in [0.1, 0.15) is 91.3 Å². The molecule has 0 fully saturated rings. The van der Waals surface area contributed by atoms with Gasteiger partial charge in [-0.05, 0) is 100 Å². The molecule has 2 heteroatoms. The molecule has 5 aromatic carbocycles. The molecule has 0 atom stereocenters. The second-order valence-corrected chi connectivity index (χ2v) is 19.7. The molecule has 258 valence electrons. The zero-order valence-electron chi connectivity index (χ0n) is 31.4. The minimum Gasteiger partial charge on any atom is -0.489 e. The van der Waals surface area contributed by atoms with Gasteiger partial charge < -0.3 is 4.74 Å². The Kier molecular flexibility index (Phi) is 11.3. The van der Waals surface area contributed by atoms with Crippen LogP contribution in [0.2, 0.25) is 13.1 Å². The van der Waals surface area contributed by atoms with Gasteiger partial charge in [-0.1, -0.05) is 173 Å². The lowest BCUT2D eigenvalue weighted by Crippen LogP contribution is -2.49. The molecular weight excluding hydrogens is 621 g/mol. The van der Waals surface area contributed by atoms with E-state index in [0.717, 1.165) is 18.6 Å². The third-order valence-electron chi connectivity index (χ3n) is 10.8. The molecule has 0 saturated carbocycles. The summed E-state index contributed by atoms with van der Waals surface area (Å²) < 4.78 is 6.78. The van der Waals surface area contributed by atoms with Crippen LogP contribution in [0, 0.1) is 13.8 Å². The lowest BCUT2D eigenvalue weighted by molar-refractivity contribution is 0.361. The molecule has 1 nitrogen and oxygen atoms in total. The third-order valence-corrected chi connectivity index (χ3v) is 14.6. The van der Waals surface area contributed by atoms with Gasteiger partial charge in [0.1, 0.15) is 12.4 Å². The standard InChI is InChI=1S/C48H56OSi/c1-8-11-13-19-36-30-41(20-14-12-9-2)47(49-27-10-3)46(31-36)50(6,7)48-44-32-39(37-21-15-17-34(4)28-37)23-25-42(44)43-26-24-40(33-45(43)48)38-22-16-18-35(5)29-38/h10,15-18,21-26,28-33,48H,3,8-9,11-14,19-20,27H2,1-2,4-7H3. The van der Waals surface area contributed by atoms with E-state index in [4.69, 9.17) is 4.74 Å². The van der Waals surface area contributed by atoms with E-state index >= 15 is 0 Å². The van der Waals surface area contributed by atoms with Gasteiger partial charge in [-0.25, -0.2) is 0 Å². The number of hydrogen-bond acceptors (Lipinski definition) is 1. The number of hydrogen-bond donors (Lipinski definition) is 0. The average Bonchev–Trinajstić information content (AvgIpc) is 3.45. The SMILES string of the molecule is C=CCOc1c(CCCCC)cc(CCCCC)cc1[Si](C)(C)C1c2cc(-c3cccc(C)c3)ccc2-c2ccc(-c3cccc(C)c3)cc21. The van der Waals surface area contributed by atoms with E-state index < -0.39 is 8.07 Å². The Morgan fingerprint density at radius 3 is 1.70 bits per heavy atom. The normalized spacial score (nSPS) is 12.5. The highest BCUT2D eigenvalue weighted by Gasteiger charge is 2.44. The van der Waals surface area contributed by atoms with Crippen LogP contribution in [0.3, 0.4) is 0 Å². The first-order valence-electron chi connectivity index (χ1n) is 19.1. The second-order valence-electron chi connectivity index (χ2n) is 15.1. The third kappa shape index (κ3) is 7.47. The Balaban J connectivity index is 1.57. The van der Waals surface area contributed by atoms with E-state index in [1.54, 1.807) is 0 Å². The topological polar surface area (TPSA) is 9.23 Å². The van der Waals surface area contributed by atoms with Crippen LogP contribution in [0.4, 0.5) is 0 Å². The summed E-state index contributed by atoms with van der Waals surface area (Å²) in [4.78, 5) is 0. The number of unbranched alkanes of at least 4 members (excludes halogenated alkanes) is 4. The van der Waals surface area contributed by atoms with Crippen molar-refractivity contribution in [3.63, 3.8) is 0 Å². The van der Waals surface area contributed by atoms with Crippen LogP contribution in [0.15, 0.2) is 110 Å². The van der Waals surface area contributed by atoms with Crippen molar-refractivity contribution < 1.29 is 4.74 Å². The van der Waals surface area contributed by atoms with E-state index in [9.17, 15) is 0 Å². The van der Waals surface area contributed by atoms with Gasteiger partial charge in [0.05, 0.1) is 8.07 Å². The molecule has 0 radical (unpaired) electrons. The Bertz CT molecular complexity index is 1870. The molecular formula is C48H56OSi. The van der Waals surface area contributed by atoms with Gasteiger partial charge in [0.2, 0.25) is 0 Å². The fourth-order valence-corrected chi connectivity index (χ4v) is 11.9. The first-order valence-corrected chi connectivity index (χ1v) is 22.1. The monoisotopic (exact) mass is 676 g/mol. The van der Waals surface area contributed by atoms with Crippen LogP contribution in [0.25, 0.3) is 33.4 Å². The van der Waals surface area contributed by atoms with Crippen molar-refractivity contribution in [1.29, 1.82) is 0 Å². The van der Waals surface area contributed by atoms with Crippen molar-refractivity contribution in [2.45, 2.75) is 97.7 Å². The van der Waals surface area contributed by atoms with Crippen LogP contribution in [-0.4, -0.2) is 14.7 Å². The quantitative estimate of drug-likeness (QED) is 0.0609. The Morgan fingerprint density at radius 2 is 1.18 bits per heavy atom. The summed E-state index contributed by atoms with van der Waals surface area (Å²) in [6.07, 6.45) is 11.5. The van der Waals surface area contributed by atoms with Gasteiger partial charge in [0.25, 0.3) is 0 Å². The van der Waals surface area contributed by atoms with E-state index in [2.05, 4.69) is 144 Å². The van der Waals surface area contributed by atoms with Gasteiger partial charge in [-0.15, -0.1) is 0 Å². The Labute approximate surface area is 303 Å². The molecule has 0 saturated heterocycles. The molecule has 0 aliphatic heterocycles. The molecule has 50 heavy (non-hydrogen) atoms. The molecule has 0 N–H and O–H groups in total. The Hall–Kier alpha value is -4.14. The summed E-state index contributed by atoms with van der Waals surface area (Å²) >= 11 is 0. The molecule has 1 aliphatic carbocycles. The molecule has 6 rings (SSSR count). The van der Waals surface area contributed by atoms with Crippen molar-refractivity contribution >= 4 is 13.3 Å². The summed E-state index contributed by atoms with van der Waals surface area (Å²) in [6.45, 7) is 18.8. The van der Waals surface area contributed by atoms with E-state index in [-0.39, 0.29) is 5.54 Å². The van der Waals surface area contributed by atoms with E-state index in [1.165, 1.54) is 110 Å². The van der Waals surface area contributed by atoms with Crippen LogP contribution < -0.4 is 9.92 Å². The summed E-state index contributed by atoms with van der Waals surface area (Å²) in [5, 5.41) is 1.46. The fourth-order valence-electron chi connectivity index (χ4n) is 8.22. The van der Waals surface area contributed by atoms with Gasteiger partial charge >= 0.3 is 0 Å². The van der Waals surface area contributed by atoms with Crippen molar-refractivity contribution in [1.82, 2.24) is 0 Å². The Morgan fingerprint density at radius 1 is 0.640 bits per heavy atom. The molecule has 1 aliphatic rings. The zero-order chi connectivity index (χ0) is 35.3. The maximum atomic E-state index is 6.78. The van der Waals surface area contributed by atoms with Crippen LogP contribution in [-0.2, 0) is 12.8 Å². The highest BCUT2D eigenvalue weighted by Crippen LogP contribution is 2.51. The van der Waals surface area contributed by atoms with Crippen LogP contribution in [0.5, 0.6) is 5.75 Å². The molecule has 0 spiro atoms. The van der Waals surface area contributed by atoms with Crippen LogP contribution >= 0.6 is 0 Å². The summed E-state index contributed by atoms with van der Waals surface area (Å²) in [7, 11) is -2.33. The van der Waals surface area contributed by atoms with Gasteiger partial charge in [-0.2, -0.15) is 0 Å². The smallest absolute Gasteiger partial charge is 0.122 e. The maximum Gasteiger partial charge on any atom is 0.122 e. The molecule has 0 amide bonds. The highest BCUT2D eigenvalue weighted by molar-refractivity contribution is 6.92. The number of rotatable bonds is 15. The largest absolute Gasteiger partial charge is 0.489 e. The van der Waals surface area contributed by atoms with E-state index in [0.29, 0.717) is 6.61 Å². The summed E-state index contributed by atoms with van der Waals surface area (Å²) in [6, 6.07) is 37.5. The van der Waals surface area contributed by atoms with E-state index in [1.807, 2.05) is 6.08 Å². The highest BCUT2D eigenvalue weighted by atomic mass is 28.3. The minimum absolute atomic E-state index is 0.280. The van der Waals surface area contributed by atoms with Crippen molar-refractivity contribution in [3.05, 3.63) is 143 Å². The summed E-state index contributed by atoms with van der Waals surface area (Å²) in [5.74, 6) is 1.14. The molecule has 0 unspecified atom stereocenters. The molecule has 0 heterocycles. The fraction of sp³-hybridized carbons (Fsp3) is 0.333. The first kappa shape index (κ1) is 35.7. The van der Waals surface area contributed by atoms with Gasteiger partial charge in [-0.3, -0.25) is 0 Å². The van der Waals surface area contributed by atoms with Gasteiger partial charge in [0.15, 0.2) is 0 Å². The molecule has 0 bridgehead atoms. The number of aryl methyl sites for hydroxylation is 4. The number of benzene rings is 5. The maximum absolute atomic E-state index is 6.78. The van der Waals surface area contributed by atoms with Gasteiger partial charge in [0, 0.05) is 5.54 Å². The number of ether oxygens (including phenoxy) is 1. The number of fused-ring (bicyclic) bond motifs is 3. The lowest BCUT2D eigenvalue weighted by atomic mass is 9.97. The first-order chi connectivity index (χ1) is 24.2. The predicted octanol–water partition coefficient (Wildman–Crippen LogP) is 12.9. The second kappa shape index (κ2) is 15.8. The minimum atomic E-state index is -2.33. The van der Waals surface area contributed by atoms with Crippen molar-refractivity contribution in [2.75, 3.05) is 6.61 Å². The summed E-state index contributed by atoms with van der Waals surface area (Å²) in [5.41, 5.74) is 16.6.